The molecule has 11 heteroatoms. The van der Waals surface area contributed by atoms with Crippen molar-refractivity contribution >= 4 is 52.4 Å². The van der Waals surface area contributed by atoms with Crippen molar-refractivity contribution in [3.8, 4) is 11.1 Å². The van der Waals surface area contributed by atoms with E-state index < -0.39 is 17.5 Å². The van der Waals surface area contributed by atoms with Crippen LogP contribution < -0.4 is 16.0 Å². The van der Waals surface area contributed by atoms with Crippen LogP contribution in [-0.4, -0.2) is 33.3 Å². The first-order valence-corrected chi connectivity index (χ1v) is 11.7. The van der Waals surface area contributed by atoms with Crippen LogP contribution in [0.3, 0.4) is 0 Å². The molecule has 2 aromatic heterocycles. The lowest BCUT2D eigenvalue weighted by atomic mass is 9.96. The van der Waals surface area contributed by atoms with Crippen LogP contribution in [0.5, 0.6) is 0 Å². The third kappa shape index (κ3) is 4.01. The summed E-state index contributed by atoms with van der Waals surface area (Å²) in [5.74, 6) is -1.05. The van der Waals surface area contributed by atoms with E-state index in [4.69, 9.17) is 11.6 Å². The molecular formula is C26H17ClF2N6O2. The highest BCUT2D eigenvalue weighted by molar-refractivity contribution is 6.36. The Morgan fingerprint density at radius 3 is 2.57 bits per heavy atom. The van der Waals surface area contributed by atoms with Crippen molar-refractivity contribution < 1.29 is 18.4 Å². The van der Waals surface area contributed by atoms with E-state index in [0.717, 1.165) is 5.69 Å². The zero-order valence-corrected chi connectivity index (χ0v) is 19.7. The minimum atomic E-state index is -0.564. The number of aromatic nitrogens is 3. The first-order valence-electron chi connectivity index (χ1n) is 11.3. The molecule has 4 N–H and O–H groups in total. The van der Waals surface area contributed by atoms with Crippen LogP contribution in [0.2, 0.25) is 5.02 Å². The number of anilines is 3. The van der Waals surface area contributed by atoms with Crippen molar-refractivity contribution in [3.05, 3.63) is 88.0 Å². The van der Waals surface area contributed by atoms with E-state index in [0.29, 0.717) is 58.2 Å². The van der Waals surface area contributed by atoms with Gasteiger partial charge in [-0.15, -0.1) is 0 Å². The monoisotopic (exact) mass is 518 g/mol. The minimum Gasteiger partial charge on any atom is -0.358 e. The quantitative estimate of drug-likeness (QED) is 0.286. The summed E-state index contributed by atoms with van der Waals surface area (Å²) >= 11 is 5.92. The first-order chi connectivity index (χ1) is 17.9. The van der Waals surface area contributed by atoms with E-state index in [9.17, 15) is 18.4 Å². The molecule has 0 aliphatic carbocycles. The molecule has 2 aliphatic rings. The molecule has 8 nitrogen and oxygen atoms in total. The van der Waals surface area contributed by atoms with Crippen LogP contribution >= 0.6 is 11.6 Å². The van der Waals surface area contributed by atoms with Gasteiger partial charge in [-0.1, -0.05) is 23.7 Å². The van der Waals surface area contributed by atoms with E-state index in [1.165, 1.54) is 36.7 Å². The summed E-state index contributed by atoms with van der Waals surface area (Å²) in [6.45, 7) is 0.469. The maximum absolute atomic E-state index is 13.7. The smallest absolute Gasteiger partial charge is 0.257 e. The molecule has 6 rings (SSSR count). The van der Waals surface area contributed by atoms with Crippen molar-refractivity contribution in [3.63, 3.8) is 0 Å². The summed E-state index contributed by atoms with van der Waals surface area (Å²) < 4.78 is 27.3. The standard InChI is InChI=1S/C26H17ClF2N6O2/c27-16-9-14(5-6-17(16)29)33-23-21-15(25(36)35-24(21)32-11-31-23)10-19-20(12-1-3-13(28)4-2-12)22-18(34-19)7-8-30-26(22)37/h1-6,9-11,34H,7-8H2,(H,30,37)(H2,31,32,33,35,36)/b15-10-. The zero-order chi connectivity index (χ0) is 25.7. The lowest BCUT2D eigenvalue weighted by molar-refractivity contribution is -0.110. The van der Waals surface area contributed by atoms with E-state index in [-0.39, 0.29) is 16.5 Å². The van der Waals surface area contributed by atoms with Crippen molar-refractivity contribution in [2.75, 3.05) is 17.2 Å². The molecular weight excluding hydrogens is 502 g/mol. The van der Waals surface area contributed by atoms with Gasteiger partial charge in [-0.3, -0.25) is 9.59 Å². The van der Waals surface area contributed by atoms with Crippen molar-refractivity contribution in [2.45, 2.75) is 6.42 Å². The Hall–Kier alpha value is -4.57. The molecule has 2 aliphatic heterocycles. The van der Waals surface area contributed by atoms with Crippen LogP contribution in [0.1, 0.15) is 27.3 Å². The van der Waals surface area contributed by atoms with Gasteiger partial charge in [0, 0.05) is 35.6 Å². The van der Waals surface area contributed by atoms with Crippen molar-refractivity contribution in [1.29, 1.82) is 0 Å². The highest BCUT2D eigenvalue weighted by Crippen LogP contribution is 2.40. The number of hydrogen-bond acceptors (Lipinski definition) is 5. The van der Waals surface area contributed by atoms with E-state index in [1.807, 2.05) is 0 Å². The summed E-state index contributed by atoms with van der Waals surface area (Å²) in [4.78, 5) is 37.6. The largest absolute Gasteiger partial charge is 0.358 e. The zero-order valence-electron chi connectivity index (χ0n) is 19.0. The number of H-pyrrole nitrogens is 1. The molecule has 4 aromatic rings. The van der Waals surface area contributed by atoms with Gasteiger partial charge < -0.3 is 20.9 Å². The third-order valence-corrected chi connectivity index (χ3v) is 6.48. The SMILES string of the molecule is O=C1Nc2ncnc(Nc3ccc(F)c(Cl)c3)c2/C1=C/c1[nH]c2c(c1-c1ccc(F)cc1)C(=O)NCC2. The molecule has 0 radical (unpaired) electrons. The van der Waals surface area contributed by atoms with Gasteiger partial charge >= 0.3 is 0 Å². The predicted octanol–water partition coefficient (Wildman–Crippen LogP) is 4.93. The molecule has 0 spiro atoms. The lowest BCUT2D eigenvalue weighted by Crippen LogP contribution is -2.31. The molecule has 37 heavy (non-hydrogen) atoms. The lowest BCUT2D eigenvalue weighted by Gasteiger charge is -2.14. The van der Waals surface area contributed by atoms with Gasteiger partial charge in [0.15, 0.2) is 0 Å². The maximum atomic E-state index is 13.7. The minimum absolute atomic E-state index is 0.0696. The van der Waals surface area contributed by atoms with Crippen LogP contribution in [-0.2, 0) is 11.2 Å². The van der Waals surface area contributed by atoms with Gasteiger partial charge in [0.25, 0.3) is 11.8 Å². The maximum Gasteiger partial charge on any atom is 0.257 e. The second kappa shape index (κ2) is 8.82. The number of hydrogen-bond donors (Lipinski definition) is 4. The number of rotatable bonds is 4. The summed E-state index contributed by atoms with van der Waals surface area (Å²) in [5, 5.41) is 8.56. The van der Waals surface area contributed by atoms with Gasteiger partial charge in [-0.25, -0.2) is 18.7 Å². The summed E-state index contributed by atoms with van der Waals surface area (Å²) in [7, 11) is 0. The average Bonchev–Trinajstić information content (AvgIpc) is 3.40. The number of fused-ring (bicyclic) bond motifs is 2. The third-order valence-electron chi connectivity index (χ3n) is 6.19. The highest BCUT2D eigenvalue weighted by atomic mass is 35.5. The Morgan fingerprint density at radius 1 is 0.973 bits per heavy atom. The molecule has 184 valence electrons. The predicted molar refractivity (Wildman–Crippen MR) is 135 cm³/mol. The van der Waals surface area contributed by atoms with Crippen LogP contribution in [0, 0.1) is 11.6 Å². The number of aromatic amines is 1. The Kier molecular flexibility index (Phi) is 5.45. The fraction of sp³-hybridized carbons (Fsp3) is 0.0769. The average molecular weight is 519 g/mol. The number of benzene rings is 2. The van der Waals surface area contributed by atoms with Gasteiger partial charge in [0.2, 0.25) is 0 Å². The summed E-state index contributed by atoms with van der Waals surface area (Å²) in [6, 6.07) is 9.91. The van der Waals surface area contributed by atoms with Gasteiger partial charge in [-0.2, -0.15) is 0 Å². The van der Waals surface area contributed by atoms with Gasteiger partial charge in [0.05, 0.1) is 21.7 Å². The summed E-state index contributed by atoms with van der Waals surface area (Å²) in [6.07, 6.45) is 3.48. The molecule has 0 unspecified atom stereocenters. The van der Waals surface area contributed by atoms with E-state index in [1.54, 1.807) is 18.2 Å². The van der Waals surface area contributed by atoms with Crippen LogP contribution in [0.4, 0.5) is 26.1 Å². The second-order valence-electron chi connectivity index (χ2n) is 8.49. The number of carbonyl (C=O) groups excluding carboxylic acids is 2. The number of nitrogens with zero attached hydrogens (tertiary/aromatic N) is 2. The molecule has 2 amide bonds. The molecule has 0 saturated carbocycles. The number of amides is 2. The Balaban J connectivity index is 1.50. The highest BCUT2D eigenvalue weighted by Gasteiger charge is 2.32. The molecule has 2 aromatic carbocycles. The number of carbonyl (C=O) groups is 2. The van der Waals surface area contributed by atoms with Crippen molar-refractivity contribution in [2.24, 2.45) is 0 Å². The number of halogens is 3. The fourth-order valence-corrected chi connectivity index (χ4v) is 4.72. The summed E-state index contributed by atoms with van der Waals surface area (Å²) in [5.41, 5.74) is 3.95. The first kappa shape index (κ1) is 22.9. The fourth-order valence-electron chi connectivity index (χ4n) is 4.54. The molecule has 0 bridgehead atoms. The topological polar surface area (TPSA) is 112 Å². The van der Waals surface area contributed by atoms with Crippen molar-refractivity contribution in [1.82, 2.24) is 20.3 Å². The molecule has 0 atom stereocenters. The number of nitrogens with one attached hydrogen (secondary N) is 4. The second-order valence-corrected chi connectivity index (χ2v) is 8.90. The van der Waals surface area contributed by atoms with E-state index in [2.05, 4.69) is 30.9 Å². The van der Waals surface area contributed by atoms with E-state index >= 15 is 0 Å². The van der Waals surface area contributed by atoms with Crippen LogP contribution in [0.25, 0.3) is 22.8 Å². The molecule has 4 heterocycles. The Labute approximate surface area is 213 Å². The molecule has 0 saturated heterocycles. The normalized spacial score (nSPS) is 15.3. The molecule has 0 fully saturated rings. The Morgan fingerprint density at radius 2 is 1.78 bits per heavy atom. The Bertz CT molecular complexity index is 1630. The van der Waals surface area contributed by atoms with Gasteiger partial charge in [-0.05, 0) is 42.0 Å². The van der Waals surface area contributed by atoms with Crippen LogP contribution in [0.15, 0.2) is 48.8 Å². The van der Waals surface area contributed by atoms with Gasteiger partial charge in [0.1, 0.15) is 29.6 Å².